The lowest BCUT2D eigenvalue weighted by atomic mass is 10.2. The first-order valence-electron chi connectivity index (χ1n) is 11.0. The summed E-state index contributed by atoms with van der Waals surface area (Å²) in [5.41, 5.74) is 1.07. The van der Waals surface area contributed by atoms with Crippen LogP contribution in [0, 0.1) is 13.8 Å². The predicted molar refractivity (Wildman–Crippen MR) is 123 cm³/mol. The summed E-state index contributed by atoms with van der Waals surface area (Å²) in [6.07, 6.45) is 4.87. The maximum Gasteiger partial charge on any atom is 0.290 e. The van der Waals surface area contributed by atoms with Gasteiger partial charge in [-0.2, -0.15) is 0 Å². The van der Waals surface area contributed by atoms with Crippen LogP contribution in [0.1, 0.15) is 27.7 Å². The van der Waals surface area contributed by atoms with Crippen molar-refractivity contribution in [1.29, 1.82) is 0 Å². The molecule has 4 aromatic rings. The predicted octanol–water partition coefficient (Wildman–Crippen LogP) is 1.64. The molecule has 1 N–H and O–H groups in total. The van der Waals surface area contributed by atoms with Crippen molar-refractivity contribution in [2.24, 2.45) is 0 Å². The highest BCUT2D eigenvalue weighted by molar-refractivity contribution is 5.93. The molecule has 4 heterocycles. The standard InChI is InChI=1S/C24H24N6O4/c1-15-9-16(2)34-22(15)24(33)29-11-17(10-28-8-7-25-20(28)12-29)27-21(31)13-30-14-26-19-6-4-3-5-18(19)23(30)32/h3-9,14,17H,10-13H2,1-2H3,(H,27,31). The number of hydrogen-bond acceptors (Lipinski definition) is 6. The van der Waals surface area contributed by atoms with Crippen molar-refractivity contribution < 1.29 is 14.0 Å². The van der Waals surface area contributed by atoms with Gasteiger partial charge in [0.2, 0.25) is 5.91 Å². The lowest BCUT2D eigenvalue weighted by molar-refractivity contribution is -0.122. The number of benzene rings is 1. The fourth-order valence-corrected chi connectivity index (χ4v) is 4.34. The largest absolute Gasteiger partial charge is 0.456 e. The highest BCUT2D eigenvalue weighted by Gasteiger charge is 2.29. The lowest BCUT2D eigenvalue weighted by Crippen LogP contribution is -2.47. The molecule has 1 aromatic carbocycles. The van der Waals surface area contributed by atoms with Gasteiger partial charge in [-0.3, -0.25) is 19.0 Å². The van der Waals surface area contributed by atoms with E-state index in [-0.39, 0.29) is 42.3 Å². The number of para-hydroxylation sites is 1. The van der Waals surface area contributed by atoms with Gasteiger partial charge in [-0.05, 0) is 32.0 Å². The van der Waals surface area contributed by atoms with Gasteiger partial charge in [-0.15, -0.1) is 0 Å². The third-order valence-electron chi connectivity index (χ3n) is 5.92. The van der Waals surface area contributed by atoms with Crippen molar-refractivity contribution in [3.8, 4) is 0 Å². The van der Waals surface area contributed by atoms with Gasteiger partial charge in [0, 0.05) is 31.0 Å². The van der Waals surface area contributed by atoms with Crippen LogP contribution in [-0.4, -0.2) is 48.4 Å². The Bertz CT molecular complexity index is 1450. The Morgan fingerprint density at radius 3 is 2.79 bits per heavy atom. The molecule has 0 radical (unpaired) electrons. The van der Waals surface area contributed by atoms with E-state index in [1.54, 1.807) is 42.3 Å². The van der Waals surface area contributed by atoms with E-state index in [1.165, 1.54) is 10.9 Å². The Balaban J connectivity index is 1.36. The highest BCUT2D eigenvalue weighted by atomic mass is 16.4. The number of furan rings is 1. The number of fused-ring (bicyclic) bond motifs is 2. The minimum Gasteiger partial charge on any atom is -0.456 e. The monoisotopic (exact) mass is 460 g/mol. The molecule has 0 fully saturated rings. The smallest absolute Gasteiger partial charge is 0.290 e. The molecule has 0 bridgehead atoms. The maximum atomic E-state index is 13.2. The average molecular weight is 460 g/mol. The second-order valence-corrected chi connectivity index (χ2v) is 8.51. The van der Waals surface area contributed by atoms with Crippen molar-refractivity contribution in [3.63, 3.8) is 0 Å². The van der Waals surface area contributed by atoms with Crippen LogP contribution in [0.4, 0.5) is 0 Å². The number of carbonyl (C=O) groups is 2. The van der Waals surface area contributed by atoms with Crippen LogP contribution in [0.25, 0.3) is 10.9 Å². The van der Waals surface area contributed by atoms with Gasteiger partial charge in [0.15, 0.2) is 5.76 Å². The van der Waals surface area contributed by atoms with Crippen molar-refractivity contribution in [1.82, 2.24) is 29.3 Å². The minimum atomic E-state index is -0.382. The van der Waals surface area contributed by atoms with Crippen molar-refractivity contribution in [3.05, 3.63) is 82.3 Å². The molecule has 1 unspecified atom stereocenters. The fraction of sp³-hybridized carbons (Fsp3) is 0.292. The first-order valence-corrected chi connectivity index (χ1v) is 11.0. The summed E-state index contributed by atoms with van der Waals surface area (Å²) in [6, 6.07) is 8.45. The number of carbonyl (C=O) groups excluding carboxylic acids is 2. The van der Waals surface area contributed by atoms with Crippen LogP contribution in [0.2, 0.25) is 0 Å². The van der Waals surface area contributed by atoms with E-state index in [4.69, 9.17) is 4.42 Å². The Kier molecular flexibility index (Phi) is 5.48. The first kappa shape index (κ1) is 21.6. The second kappa shape index (κ2) is 8.62. The zero-order valence-corrected chi connectivity index (χ0v) is 18.9. The highest BCUT2D eigenvalue weighted by Crippen LogP contribution is 2.19. The van der Waals surface area contributed by atoms with Gasteiger partial charge in [0.25, 0.3) is 11.5 Å². The Morgan fingerprint density at radius 1 is 1.18 bits per heavy atom. The molecule has 0 saturated carbocycles. The van der Waals surface area contributed by atoms with Gasteiger partial charge in [0.05, 0.1) is 29.8 Å². The van der Waals surface area contributed by atoms with Crippen molar-refractivity contribution >= 4 is 22.7 Å². The van der Waals surface area contributed by atoms with Crippen molar-refractivity contribution in [2.45, 2.75) is 39.5 Å². The molecule has 2 amide bonds. The molecular weight excluding hydrogens is 436 g/mol. The number of nitrogens with one attached hydrogen (secondary N) is 1. The van der Waals surface area contributed by atoms with E-state index in [2.05, 4.69) is 15.3 Å². The molecule has 1 aliphatic rings. The summed E-state index contributed by atoms with van der Waals surface area (Å²) in [4.78, 5) is 49.1. The normalized spacial score (nSPS) is 15.7. The van der Waals surface area contributed by atoms with Gasteiger partial charge in [-0.1, -0.05) is 12.1 Å². The third-order valence-corrected chi connectivity index (χ3v) is 5.92. The summed E-state index contributed by atoms with van der Waals surface area (Å²) in [5.74, 6) is 1.08. The number of amides is 2. The van der Waals surface area contributed by atoms with E-state index in [9.17, 15) is 14.4 Å². The summed E-state index contributed by atoms with van der Waals surface area (Å²) in [7, 11) is 0. The maximum absolute atomic E-state index is 13.2. The summed E-state index contributed by atoms with van der Waals surface area (Å²) in [6.45, 7) is 4.48. The molecule has 0 spiro atoms. The van der Waals surface area contributed by atoms with E-state index in [1.807, 2.05) is 23.8 Å². The molecule has 34 heavy (non-hydrogen) atoms. The van der Waals surface area contributed by atoms with E-state index in [0.717, 1.165) is 11.4 Å². The molecule has 174 valence electrons. The fourth-order valence-electron chi connectivity index (χ4n) is 4.34. The molecule has 10 nitrogen and oxygen atoms in total. The molecule has 3 aromatic heterocycles. The molecule has 1 aliphatic heterocycles. The number of aryl methyl sites for hydroxylation is 2. The van der Waals surface area contributed by atoms with Crippen LogP contribution in [0.5, 0.6) is 0 Å². The first-order chi connectivity index (χ1) is 16.4. The topological polar surface area (TPSA) is 115 Å². The van der Waals surface area contributed by atoms with E-state index in [0.29, 0.717) is 29.8 Å². The summed E-state index contributed by atoms with van der Waals surface area (Å²) < 4.78 is 8.84. The summed E-state index contributed by atoms with van der Waals surface area (Å²) in [5, 5.41) is 3.42. The molecule has 0 saturated heterocycles. The summed E-state index contributed by atoms with van der Waals surface area (Å²) >= 11 is 0. The van der Waals surface area contributed by atoms with Gasteiger partial charge in [-0.25, -0.2) is 9.97 Å². The number of hydrogen-bond donors (Lipinski definition) is 1. The Hall–Kier alpha value is -4.21. The zero-order chi connectivity index (χ0) is 23.8. The Labute approximate surface area is 194 Å². The molecule has 0 aliphatic carbocycles. The SMILES string of the molecule is Cc1cc(C)c(C(=O)N2Cc3nccn3CC(NC(=O)Cn3cnc4ccccc4c3=O)C2)o1. The van der Waals surface area contributed by atoms with Gasteiger partial charge >= 0.3 is 0 Å². The van der Waals surface area contributed by atoms with Gasteiger partial charge < -0.3 is 19.2 Å². The minimum absolute atomic E-state index is 0.172. The number of rotatable bonds is 4. The van der Waals surface area contributed by atoms with E-state index < -0.39 is 0 Å². The van der Waals surface area contributed by atoms with Crippen LogP contribution in [-0.2, 0) is 24.4 Å². The van der Waals surface area contributed by atoms with Crippen LogP contribution in [0.3, 0.4) is 0 Å². The van der Waals surface area contributed by atoms with Crippen LogP contribution < -0.4 is 10.9 Å². The van der Waals surface area contributed by atoms with Crippen LogP contribution >= 0.6 is 0 Å². The number of imidazole rings is 1. The van der Waals surface area contributed by atoms with Crippen LogP contribution in [0.15, 0.2) is 58.3 Å². The van der Waals surface area contributed by atoms with Crippen molar-refractivity contribution in [2.75, 3.05) is 6.54 Å². The van der Waals surface area contributed by atoms with E-state index >= 15 is 0 Å². The molecule has 5 rings (SSSR count). The Morgan fingerprint density at radius 2 is 2.00 bits per heavy atom. The molecule has 10 heteroatoms. The average Bonchev–Trinajstić information content (AvgIpc) is 3.34. The quantitative estimate of drug-likeness (QED) is 0.495. The lowest BCUT2D eigenvalue weighted by Gasteiger charge is -2.24. The second-order valence-electron chi connectivity index (χ2n) is 8.51. The zero-order valence-electron chi connectivity index (χ0n) is 18.9. The number of nitrogens with zero attached hydrogens (tertiary/aromatic N) is 5. The third kappa shape index (κ3) is 4.09. The molecular formula is C24H24N6O4. The molecule has 1 atom stereocenters. The van der Waals surface area contributed by atoms with Gasteiger partial charge in [0.1, 0.15) is 18.1 Å². The number of aromatic nitrogens is 4.